The van der Waals surface area contributed by atoms with Gasteiger partial charge in [0.05, 0.1) is 10.4 Å². The molecule has 0 aromatic carbocycles. The molecule has 1 amide bonds. The summed E-state index contributed by atoms with van der Waals surface area (Å²) < 4.78 is 0.903. The van der Waals surface area contributed by atoms with Crippen molar-refractivity contribution in [3.63, 3.8) is 0 Å². The van der Waals surface area contributed by atoms with Gasteiger partial charge < -0.3 is 5.73 Å². The van der Waals surface area contributed by atoms with E-state index in [4.69, 9.17) is 5.73 Å². The molecule has 0 aliphatic heterocycles. The average Bonchev–Trinajstić information content (AvgIpc) is 2.94. The molecule has 0 atom stereocenters. The minimum Gasteiger partial charge on any atom is -0.396 e. The number of nitrogens with one attached hydrogen (secondary N) is 1. The van der Waals surface area contributed by atoms with E-state index in [1.165, 1.54) is 22.7 Å². The summed E-state index contributed by atoms with van der Waals surface area (Å²) in [6, 6.07) is 3.72. The van der Waals surface area contributed by atoms with E-state index in [0.717, 1.165) is 9.58 Å². The molecule has 0 saturated carbocycles. The van der Waals surface area contributed by atoms with Crippen LogP contribution >= 0.6 is 22.7 Å². The molecule has 5 nitrogen and oxygen atoms in total. The van der Waals surface area contributed by atoms with Gasteiger partial charge in [0, 0.05) is 17.3 Å². The van der Waals surface area contributed by atoms with Crippen molar-refractivity contribution >= 4 is 49.6 Å². The fraction of sp³-hybridized carbons (Fsp3) is 0.0833. The lowest BCUT2D eigenvalue weighted by atomic mass is 10.3. The Balaban J connectivity index is 1.95. The normalized spacial score (nSPS) is 10.8. The van der Waals surface area contributed by atoms with E-state index in [1.807, 2.05) is 19.1 Å². The van der Waals surface area contributed by atoms with Crippen LogP contribution in [0.3, 0.4) is 0 Å². The fourth-order valence-corrected chi connectivity index (χ4v) is 3.32. The molecule has 0 aliphatic carbocycles. The molecule has 3 aromatic rings. The molecule has 3 N–H and O–H groups in total. The van der Waals surface area contributed by atoms with E-state index < -0.39 is 0 Å². The number of nitrogen functional groups attached to an aromatic ring is 1. The number of rotatable bonds is 2. The number of amides is 1. The molecule has 3 rings (SSSR count). The van der Waals surface area contributed by atoms with Crippen LogP contribution in [0.4, 0.5) is 10.8 Å². The Hall–Kier alpha value is -1.99. The molecule has 0 fully saturated rings. The monoisotopic (exact) mass is 290 g/mol. The second-order valence-electron chi connectivity index (χ2n) is 3.93. The van der Waals surface area contributed by atoms with E-state index in [1.54, 1.807) is 12.4 Å². The van der Waals surface area contributed by atoms with Crippen molar-refractivity contribution in [2.45, 2.75) is 6.92 Å². The summed E-state index contributed by atoms with van der Waals surface area (Å²) in [5.41, 5.74) is 7.07. The number of nitrogens with two attached hydrogens (primary N) is 1. The summed E-state index contributed by atoms with van der Waals surface area (Å²) in [4.78, 5) is 22.0. The van der Waals surface area contributed by atoms with Crippen LogP contribution in [0.1, 0.15) is 14.5 Å². The first-order valence-corrected chi connectivity index (χ1v) is 7.15. The molecule has 96 valence electrons. The molecule has 0 aliphatic rings. The van der Waals surface area contributed by atoms with Crippen LogP contribution in [-0.4, -0.2) is 15.9 Å². The molecule has 0 unspecified atom stereocenters. The topological polar surface area (TPSA) is 80.9 Å². The van der Waals surface area contributed by atoms with E-state index >= 15 is 0 Å². The van der Waals surface area contributed by atoms with Crippen molar-refractivity contribution in [2.24, 2.45) is 0 Å². The van der Waals surface area contributed by atoms with Crippen LogP contribution in [0.5, 0.6) is 0 Å². The minimum atomic E-state index is -0.241. The molecule has 3 aromatic heterocycles. The van der Waals surface area contributed by atoms with Crippen LogP contribution in [0.2, 0.25) is 0 Å². The molecule has 7 heteroatoms. The average molecular weight is 290 g/mol. The van der Waals surface area contributed by atoms with Crippen LogP contribution in [0.25, 0.3) is 10.2 Å². The number of aromatic nitrogens is 2. The Morgan fingerprint density at radius 3 is 2.89 bits per heavy atom. The van der Waals surface area contributed by atoms with Crippen LogP contribution in [0.15, 0.2) is 24.5 Å². The third-order valence-corrected chi connectivity index (χ3v) is 4.52. The van der Waals surface area contributed by atoms with Gasteiger partial charge in [-0.25, -0.2) is 4.98 Å². The van der Waals surface area contributed by atoms with E-state index in [0.29, 0.717) is 21.2 Å². The van der Waals surface area contributed by atoms with Crippen LogP contribution in [0, 0.1) is 6.92 Å². The zero-order valence-electron chi connectivity index (χ0n) is 10.0. The highest BCUT2D eigenvalue weighted by Crippen LogP contribution is 2.32. The van der Waals surface area contributed by atoms with Crippen molar-refractivity contribution in [3.8, 4) is 0 Å². The lowest BCUT2D eigenvalue weighted by Gasteiger charge is -1.99. The number of pyridine rings is 1. The summed E-state index contributed by atoms with van der Waals surface area (Å²) in [6.45, 7) is 1.94. The number of fused-ring (bicyclic) bond motifs is 1. The van der Waals surface area contributed by atoms with Crippen molar-refractivity contribution in [1.29, 1.82) is 0 Å². The van der Waals surface area contributed by atoms with Crippen molar-refractivity contribution in [1.82, 2.24) is 9.97 Å². The molecule has 0 saturated heterocycles. The predicted molar refractivity (Wildman–Crippen MR) is 78.8 cm³/mol. The summed E-state index contributed by atoms with van der Waals surface area (Å²) in [5.74, 6) is -0.241. The van der Waals surface area contributed by atoms with Gasteiger partial charge in [0.1, 0.15) is 10.4 Å². The quantitative estimate of drug-likeness (QED) is 0.760. The first-order valence-electron chi connectivity index (χ1n) is 5.52. The summed E-state index contributed by atoms with van der Waals surface area (Å²) in [5, 5.41) is 3.33. The lowest BCUT2D eigenvalue weighted by Crippen LogP contribution is -2.11. The third-order valence-electron chi connectivity index (χ3n) is 2.53. The lowest BCUT2D eigenvalue weighted by molar-refractivity contribution is 0.103. The van der Waals surface area contributed by atoms with Gasteiger partial charge in [-0.15, -0.1) is 22.7 Å². The van der Waals surface area contributed by atoms with E-state index in [9.17, 15) is 4.79 Å². The van der Waals surface area contributed by atoms with E-state index in [2.05, 4.69) is 15.3 Å². The highest BCUT2D eigenvalue weighted by Gasteiger charge is 2.17. The predicted octanol–water partition coefficient (Wildman–Crippen LogP) is 2.90. The Morgan fingerprint density at radius 2 is 2.21 bits per heavy atom. The van der Waals surface area contributed by atoms with Crippen molar-refractivity contribution in [2.75, 3.05) is 11.1 Å². The second kappa shape index (κ2) is 4.60. The maximum absolute atomic E-state index is 12.2. The number of hydrogen-bond acceptors (Lipinski definition) is 6. The minimum absolute atomic E-state index is 0.241. The summed E-state index contributed by atoms with van der Waals surface area (Å²) in [6.07, 6.45) is 3.38. The number of hydrogen-bond donors (Lipinski definition) is 2. The highest BCUT2D eigenvalue weighted by molar-refractivity contribution is 7.21. The smallest absolute Gasteiger partial charge is 0.269 e. The van der Waals surface area contributed by atoms with Gasteiger partial charge in [-0.1, -0.05) is 0 Å². The van der Waals surface area contributed by atoms with Gasteiger partial charge >= 0.3 is 0 Å². The first kappa shape index (κ1) is 12.1. The first-order chi connectivity index (χ1) is 9.15. The van der Waals surface area contributed by atoms with Crippen LogP contribution in [-0.2, 0) is 0 Å². The number of carbonyl (C=O) groups is 1. The Bertz CT molecular complexity index is 762. The van der Waals surface area contributed by atoms with Gasteiger partial charge in [0.25, 0.3) is 5.91 Å². The molecule has 19 heavy (non-hydrogen) atoms. The zero-order chi connectivity index (χ0) is 13.4. The van der Waals surface area contributed by atoms with Gasteiger partial charge in [0.2, 0.25) is 0 Å². The molecule has 0 radical (unpaired) electrons. The second-order valence-corrected chi connectivity index (χ2v) is 6.21. The SMILES string of the molecule is Cc1cnc(NC(=O)c2sc3cccnc3c2N)s1. The number of thiophene rings is 1. The van der Waals surface area contributed by atoms with Crippen molar-refractivity contribution < 1.29 is 4.79 Å². The number of aryl methyl sites for hydroxylation is 1. The molecular weight excluding hydrogens is 280 g/mol. The number of anilines is 2. The highest BCUT2D eigenvalue weighted by atomic mass is 32.1. The Labute approximate surface area is 117 Å². The van der Waals surface area contributed by atoms with Crippen molar-refractivity contribution in [3.05, 3.63) is 34.3 Å². The zero-order valence-corrected chi connectivity index (χ0v) is 11.6. The maximum Gasteiger partial charge on any atom is 0.269 e. The summed E-state index contributed by atoms with van der Waals surface area (Å²) >= 11 is 2.76. The number of nitrogens with zero attached hydrogens (tertiary/aromatic N) is 2. The maximum atomic E-state index is 12.2. The Morgan fingerprint density at radius 1 is 1.37 bits per heavy atom. The third kappa shape index (κ3) is 2.18. The fourth-order valence-electron chi connectivity index (χ4n) is 1.68. The van der Waals surface area contributed by atoms with Gasteiger partial charge in [0.15, 0.2) is 5.13 Å². The largest absolute Gasteiger partial charge is 0.396 e. The molecule has 0 bridgehead atoms. The summed E-state index contributed by atoms with van der Waals surface area (Å²) in [7, 11) is 0. The number of carbonyl (C=O) groups excluding carboxylic acids is 1. The van der Waals surface area contributed by atoms with Gasteiger partial charge in [-0.05, 0) is 19.1 Å². The van der Waals surface area contributed by atoms with Crippen LogP contribution < -0.4 is 11.1 Å². The molecular formula is C12H10N4OS2. The standard InChI is InChI=1S/C12H10N4OS2/c1-6-5-15-12(18-6)16-11(17)10-8(13)9-7(19-10)3-2-4-14-9/h2-5H,13H2,1H3,(H,15,16,17). The van der Waals surface area contributed by atoms with E-state index in [-0.39, 0.29) is 5.91 Å². The number of thiazole rings is 1. The molecule has 3 heterocycles. The Kier molecular flexibility index (Phi) is 2.92. The van der Waals surface area contributed by atoms with Gasteiger partial charge in [-0.2, -0.15) is 0 Å². The molecule has 0 spiro atoms. The van der Waals surface area contributed by atoms with Gasteiger partial charge in [-0.3, -0.25) is 15.1 Å².